The van der Waals surface area contributed by atoms with Crippen LogP contribution in [-0.4, -0.2) is 62.8 Å². The molecule has 2 aromatic rings. The van der Waals surface area contributed by atoms with E-state index in [0.717, 1.165) is 32.6 Å². The van der Waals surface area contributed by atoms with Gasteiger partial charge in [-0.1, -0.05) is 37.1 Å². The number of aromatic nitrogens is 2. The number of carboxylic acid groups (broad SMARTS) is 1. The number of rotatable bonds is 10. The van der Waals surface area contributed by atoms with Crippen molar-refractivity contribution in [3.8, 4) is 11.3 Å². The highest BCUT2D eigenvalue weighted by atomic mass is 19.3. The number of amides is 1. The summed E-state index contributed by atoms with van der Waals surface area (Å²) in [5.74, 6) is -7.66. The topological polar surface area (TPSA) is 87.5 Å². The highest BCUT2D eigenvalue weighted by molar-refractivity contribution is 5.94. The molecule has 0 unspecified atom stereocenters. The van der Waals surface area contributed by atoms with Crippen molar-refractivity contribution >= 4 is 11.9 Å². The van der Waals surface area contributed by atoms with Crippen molar-refractivity contribution < 1.29 is 32.3 Å². The molecule has 1 saturated carbocycles. The van der Waals surface area contributed by atoms with Crippen LogP contribution in [0.3, 0.4) is 0 Å². The van der Waals surface area contributed by atoms with E-state index in [2.05, 4.69) is 10.4 Å². The number of alkyl halides is 4. The fourth-order valence-electron chi connectivity index (χ4n) is 5.59. The van der Waals surface area contributed by atoms with Crippen molar-refractivity contribution in [2.24, 2.45) is 0 Å². The molecule has 1 amide bonds. The zero-order chi connectivity index (χ0) is 27.7. The van der Waals surface area contributed by atoms with Crippen molar-refractivity contribution in [1.29, 1.82) is 0 Å². The lowest BCUT2D eigenvalue weighted by atomic mass is 9.99. The van der Waals surface area contributed by atoms with Crippen LogP contribution in [0.1, 0.15) is 80.9 Å². The van der Waals surface area contributed by atoms with E-state index in [1.54, 1.807) is 28.6 Å². The molecule has 0 radical (unpaired) electrons. The lowest BCUT2D eigenvalue weighted by molar-refractivity contribution is -0.137. The monoisotopic (exact) mass is 538 g/mol. The zero-order valence-corrected chi connectivity index (χ0v) is 21.6. The molecule has 1 aromatic heterocycles. The van der Waals surface area contributed by atoms with E-state index in [1.807, 2.05) is 0 Å². The van der Waals surface area contributed by atoms with Gasteiger partial charge in [0.05, 0.1) is 24.7 Å². The Hall–Kier alpha value is -2.95. The van der Waals surface area contributed by atoms with Gasteiger partial charge in [0.15, 0.2) is 5.69 Å². The minimum Gasteiger partial charge on any atom is -0.481 e. The summed E-state index contributed by atoms with van der Waals surface area (Å²) in [6.07, 6.45) is 3.06. The summed E-state index contributed by atoms with van der Waals surface area (Å²) in [5, 5.41) is 16.6. The van der Waals surface area contributed by atoms with Gasteiger partial charge in [-0.05, 0) is 32.3 Å². The van der Waals surface area contributed by atoms with Crippen molar-refractivity contribution in [3.63, 3.8) is 0 Å². The molecular formula is C27H34F4N4O3. The van der Waals surface area contributed by atoms with Gasteiger partial charge >= 0.3 is 5.97 Å². The number of hydrogen-bond acceptors (Lipinski definition) is 4. The van der Waals surface area contributed by atoms with Crippen molar-refractivity contribution in [2.75, 3.05) is 13.1 Å². The van der Waals surface area contributed by atoms with Crippen molar-refractivity contribution in [3.05, 3.63) is 41.6 Å². The second-order valence-electron chi connectivity index (χ2n) is 10.7. The minimum atomic E-state index is -3.11. The van der Waals surface area contributed by atoms with E-state index < -0.39 is 36.3 Å². The standard InChI is InChI=1S/C27H34F4N4O3/c1-17(34-12-11-27(30,31)16-34)13-18(14-24(36)37)32-25(38)22-15-23(35(33-22)19-7-3-4-8-19)20-9-5-6-10-21(20)26(2,28)29/h5-6,9-10,15,17-19H,3-4,7-8,11-14,16H2,1-2H3,(H,32,38)(H,36,37)/t17-,18+/m1/s1. The van der Waals surface area contributed by atoms with E-state index >= 15 is 0 Å². The van der Waals surface area contributed by atoms with E-state index in [9.17, 15) is 32.3 Å². The van der Waals surface area contributed by atoms with Crippen molar-refractivity contribution in [2.45, 2.75) is 88.8 Å². The van der Waals surface area contributed by atoms with Gasteiger partial charge in [-0.3, -0.25) is 19.2 Å². The highest BCUT2D eigenvalue weighted by Crippen LogP contribution is 2.39. The average Bonchev–Trinajstić information content (AvgIpc) is 3.57. The number of aliphatic carboxylic acids is 1. The average molecular weight is 539 g/mol. The van der Waals surface area contributed by atoms with Crippen molar-refractivity contribution in [1.82, 2.24) is 20.0 Å². The fourth-order valence-corrected chi connectivity index (χ4v) is 5.59. The number of halogens is 4. The van der Waals surface area contributed by atoms with Gasteiger partial charge in [-0.25, -0.2) is 17.6 Å². The van der Waals surface area contributed by atoms with Gasteiger partial charge in [-0.15, -0.1) is 0 Å². The van der Waals surface area contributed by atoms with Crippen LogP contribution in [0.15, 0.2) is 30.3 Å². The first-order valence-electron chi connectivity index (χ1n) is 13.1. The highest BCUT2D eigenvalue weighted by Gasteiger charge is 2.40. The Labute approximate surface area is 219 Å². The van der Waals surface area contributed by atoms with Crippen LogP contribution in [0.4, 0.5) is 17.6 Å². The van der Waals surface area contributed by atoms with E-state index in [1.165, 1.54) is 18.2 Å². The van der Waals surface area contributed by atoms with Crippen LogP contribution in [-0.2, 0) is 10.7 Å². The van der Waals surface area contributed by atoms with Crippen LogP contribution in [0.25, 0.3) is 11.3 Å². The Balaban J connectivity index is 1.60. The minimum absolute atomic E-state index is 0.00290. The number of carboxylic acids is 1. The molecule has 1 aliphatic heterocycles. The Kier molecular flexibility index (Phi) is 8.15. The van der Waals surface area contributed by atoms with Crippen LogP contribution >= 0.6 is 0 Å². The molecule has 1 aromatic carbocycles. The molecule has 208 valence electrons. The van der Waals surface area contributed by atoms with Gasteiger partial charge in [0.1, 0.15) is 0 Å². The molecule has 7 nitrogen and oxygen atoms in total. The summed E-state index contributed by atoms with van der Waals surface area (Å²) >= 11 is 0. The molecule has 2 fully saturated rings. The third-order valence-electron chi connectivity index (χ3n) is 7.52. The molecule has 4 rings (SSSR count). The number of carbonyl (C=O) groups is 2. The van der Waals surface area contributed by atoms with Crippen LogP contribution in [0.5, 0.6) is 0 Å². The molecule has 1 aliphatic carbocycles. The maximum atomic E-state index is 14.5. The first kappa shape index (κ1) is 28.1. The molecule has 38 heavy (non-hydrogen) atoms. The quantitative estimate of drug-likeness (QED) is 0.392. The maximum Gasteiger partial charge on any atom is 0.305 e. The third kappa shape index (κ3) is 6.54. The second kappa shape index (κ2) is 11.0. The Morgan fingerprint density at radius 3 is 2.53 bits per heavy atom. The SMILES string of the molecule is C[C@H](C[C@@H](CC(=O)O)NC(=O)c1cc(-c2ccccc2C(C)(F)F)n(C2CCCC2)n1)N1CCC(F)(F)C1. The van der Waals surface area contributed by atoms with Crippen LogP contribution in [0, 0.1) is 0 Å². The Morgan fingerprint density at radius 1 is 1.24 bits per heavy atom. The zero-order valence-electron chi connectivity index (χ0n) is 21.6. The molecular weight excluding hydrogens is 504 g/mol. The molecule has 2 N–H and O–H groups in total. The summed E-state index contributed by atoms with van der Waals surface area (Å²) in [7, 11) is 0. The number of benzene rings is 1. The fraction of sp³-hybridized carbons (Fsp3) is 0.593. The number of carbonyl (C=O) groups excluding carboxylic acids is 1. The number of nitrogens with zero attached hydrogens (tertiary/aromatic N) is 3. The Bertz CT molecular complexity index is 1160. The van der Waals surface area contributed by atoms with Gasteiger partial charge in [0, 0.05) is 43.1 Å². The summed E-state index contributed by atoms with van der Waals surface area (Å²) < 4.78 is 57.9. The molecule has 2 atom stereocenters. The molecule has 1 saturated heterocycles. The molecule has 11 heteroatoms. The largest absolute Gasteiger partial charge is 0.481 e. The first-order valence-corrected chi connectivity index (χ1v) is 13.1. The normalized spacial score (nSPS) is 19.9. The molecule has 0 bridgehead atoms. The predicted molar refractivity (Wildman–Crippen MR) is 133 cm³/mol. The maximum absolute atomic E-state index is 14.5. The first-order chi connectivity index (χ1) is 17.8. The summed E-state index contributed by atoms with van der Waals surface area (Å²) in [5.41, 5.74) is 0.508. The summed E-state index contributed by atoms with van der Waals surface area (Å²) in [6.45, 7) is 2.35. The van der Waals surface area contributed by atoms with Gasteiger partial charge in [-0.2, -0.15) is 5.10 Å². The van der Waals surface area contributed by atoms with Gasteiger partial charge in [0.25, 0.3) is 17.8 Å². The van der Waals surface area contributed by atoms with Gasteiger partial charge in [0.2, 0.25) is 0 Å². The number of likely N-dealkylation sites (tertiary alicyclic amines) is 1. The predicted octanol–water partition coefficient (Wildman–Crippen LogP) is 5.47. The Morgan fingerprint density at radius 2 is 1.92 bits per heavy atom. The third-order valence-corrected chi connectivity index (χ3v) is 7.52. The lowest BCUT2D eigenvalue weighted by Gasteiger charge is -2.28. The second-order valence-corrected chi connectivity index (χ2v) is 10.7. The van der Waals surface area contributed by atoms with Crippen LogP contribution < -0.4 is 5.32 Å². The van der Waals surface area contributed by atoms with E-state index in [4.69, 9.17) is 0 Å². The van der Waals surface area contributed by atoms with Gasteiger partial charge < -0.3 is 10.4 Å². The lowest BCUT2D eigenvalue weighted by Crippen LogP contribution is -2.43. The van der Waals surface area contributed by atoms with E-state index in [0.29, 0.717) is 5.69 Å². The van der Waals surface area contributed by atoms with Crippen LogP contribution in [0.2, 0.25) is 0 Å². The number of nitrogens with one attached hydrogen (secondary N) is 1. The molecule has 0 spiro atoms. The smallest absolute Gasteiger partial charge is 0.305 e. The molecule has 2 aliphatic rings. The van der Waals surface area contributed by atoms with E-state index in [-0.39, 0.29) is 54.7 Å². The number of hydrogen-bond donors (Lipinski definition) is 2. The summed E-state index contributed by atoms with van der Waals surface area (Å²) in [4.78, 5) is 26.4. The summed E-state index contributed by atoms with van der Waals surface area (Å²) in [6, 6.07) is 6.36. The molecule has 2 heterocycles.